The predicted molar refractivity (Wildman–Crippen MR) is 108 cm³/mol. The highest BCUT2D eigenvalue weighted by molar-refractivity contribution is 9.10. The fourth-order valence-electron chi connectivity index (χ4n) is 2.83. The van der Waals surface area contributed by atoms with Gasteiger partial charge in [-0.2, -0.15) is 0 Å². The van der Waals surface area contributed by atoms with Gasteiger partial charge in [0.1, 0.15) is 18.1 Å². The Balaban J connectivity index is 1.78. The molecule has 136 valence electrons. The molecule has 0 saturated carbocycles. The number of benzene rings is 2. The number of carboxylic acid groups (broad SMARTS) is 1. The van der Waals surface area contributed by atoms with Crippen molar-refractivity contribution >= 4 is 33.7 Å². The molecule has 3 rings (SSSR count). The second-order valence-corrected chi connectivity index (χ2v) is 8.30. The highest BCUT2D eigenvalue weighted by Crippen LogP contribution is 2.40. The first-order valence-corrected chi connectivity index (χ1v) is 10.0. The zero-order valence-corrected chi connectivity index (χ0v) is 16.8. The van der Waals surface area contributed by atoms with Gasteiger partial charge in [0.05, 0.1) is 4.87 Å². The molecule has 1 heterocycles. The second-order valence-electron chi connectivity index (χ2n) is 6.13. The number of nitrogens with one attached hydrogen (secondary N) is 1. The van der Waals surface area contributed by atoms with Crippen molar-refractivity contribution in [3.8, 4) is 5.75 Å². The number of aliphatic carboxylic acids is 1. The molecule has 2 N–H and O–H groups in total. The Morgan fingerprint density at radius 3 is 2.69 bits per heavy atom. The summed E-state index contributed by atoms with van der Waals surface area (Å²) in [5, 5.41) is 14.1. The number of halogens is 1. The molecule has 0 fully saturated rings. The molecule has 0 bridgehead atoms. The van der Waals surface area contributed by atoms with Crippen molar-refractivity contribution in [1.82, 2.24) is 5.32 Å². The average Bonchev–Trinajstić information content (AvgIpc) is 3.07. The number of thioether (sulfide) groups is 1. The van der Waals surface area contributed by atoms with Crippen LogP contribution in [0.2, 0.25) is 0 Å². The van der Waals surface area contributed by atoms with E-state index in [1.165, 1.54) is 11.8 Å². The third-order valence-electron chi connectivity index (χ3n) is 4.30. The molecule has 0 amide bonds. The lowest BCUT2D eigenvalue weighted by Crippen LogP contribution is -2.40. The topological polar surface area (TPSA) is 58.6 Å². The summed E-state index contributed by atoms with van der Waals surface area (Å²) >= 11 is 5.05. The van der Waals surface area contributed by atoms with E-state index < -0.39 is 5.97 Å². The Morgan fingerprint density at radius 2 is 2.04 bits per heavy atom. The molecule has 2 aromatic carbocycles. The summed E-state index contributed by atoms with van der Waals surface area (Å²) in [5.41, 5.74) is 2.39. The van der Waals surface area contributed by atoms with Crippen LogP contribution in [0.1, 0.15) is 24.5 Å². The van der Waals surface area contributed by atoms with Gasteiger partial charge in [-0.1, -0.05) is 53.2 Å². The summed E-state index contributed by atoms with van der Waals surface area (Å²) in [6.45, 7) is 2.55. The first-order chi connectivity index (χ1) is 12.5. The van der Waals surface area contributed by atoms with E-state index in [9.17, 15) is 9.90 Å². The van der Waals surface area contributed by atoms with Crippen LogP contribution in [0.3, 0.4) is 0 Å². The summed E-state index contributed by atoms with van der Waals surface area (Å²) < 4.78 is 7.03. The van der Waals surface area contributed by atoms with Gasteiger partial charge < -0.3 is 15.2 Å². The van der Waals surface area contributed by atoms with Gasteiger partial charge in [-0.25, -0.2) is 4.79 Å². The van der Waals surface area contributed by atoms with E-state index in [2.05, 4.69) is 28.2 Å². The summed E-state index contributed by atoms with van der Waals surface area (Å²) in [6.07, 6.45) is 1.45. The molecule has 2 aromatic rings. The van der Waals surface area contributed by atoms with Gasteiger partial charge in [-0.3, -0.25) is 0 Å². The van der Waals surface area contributed by atoms with Gasteiger partial charge in [0.25, 0.3) is 0 Å². The van der Waals surface area contributed by atoms with Crippen LogP contribution in [0.25, 0.3) is 0 Å². The third-order valence-corrected chi connectivity index (χ3v) is 6.14. The number of ether oxygens (including phenoxy) is 1. The largest absolute Gasteiger partial charge is 0.489 e. The molecule has 6 heteroatoms. The molecule has 1 unspecified atom stereocenters. The molecule has 26 heavy (non-hydrogen) atoms. The molecule has 0 saturated heterocycles. The molecule has 0 aliphatic carbocycles. The van der Waals surface area contributed by atoms with Crippen LogP contribution in [0.5, 0.6) is 5.75 Å². The van der Waals surface area contributed by atoms with Crippen LogP contribution in [-0.4, -0.2) is 15.9 Å². The van der Waals surface area contributed by atoms with Crippen LogP contribution in [0.4, 0.5) is 0 Å². The minimum atomic E-state index is -0.928. The standard InChI is InChI=1S/C20H20BrNO3S/c1-2-20(22-17(13-26-20)19(23)24)11-15-10-16(21)8-9-18(15)25-12-14-6-4-3-5-7-14/h3-10,13,22H,2,11-12H2,1H3,(H,23,24). The van der Waals surface area contributed by atoms with E-state index in [0.29, 0.717) is 13.0 Å². The molecule has 1 aliphatic heterocycles. The maximum absolute atomic E-state index is 11.3. The number of hydrogen-bond acceptors (Lipinski definition) is 4. The minimum Gasteiger partial charge on any atom is -0.489 e. The van der Waals surface area contributed by atoms with E-state index in [4.69, 9.17) is 4.74 Å². The number of carbonyl (C=O) groups is 1. The highest BCUT2D eigenvalue weighted by atomic mass is 79.9. The minimum absolute atomic E-state index is 0.249. The maximum Gasteiger partial charge on any atom is 0.352 e. The number of hydrogen-bond donors (Lipinski definition) is 2. The highest BCUT2D eigenvalue weighted by Gasteiger charge is 2.36. The van der Waals surface area contributed by atoms with E-state index in [1.54, 1.807) is 5.41 Å². The van der Waals surface area contributed by atoms with Crippen molar-refractivity contribution in [3.63, 3.8) is 0 Å². The van der Waals surface area contributed by atoms with Crippen molar-refractivity contribution in [1.29, 1.82) is 0 Å². The molecular weight excluding hydrogens is 414 g/mol. The zero-order valence-electron chi connectivity index (χ0n) is 14.4. The second kappa shape index (κ2) is 8.18. The van der Waals surface area contributed by atoms with Crippen LogP contribution < -0.4 is 10.1 Å². The lowest BCUT2D eigenvalue weighted by Gasteiger charge is -2.29. The van der Waals surface area contributed by atoms with Crippen LogP contribution in [0, 0.1) is 0 Å². The average molecular weight is 434 g/mol. The van der Waals surface area contributed by atoms with Crippen molar-refractivity contribution in [3.05, 3.63) is 75.2 Å². The van der Waals surface area contributed by atoms with Gasteiger partial charge in [0.2, 0.25) is 0 Å². The molecule has 0 aromatic heterocycles. The Labute approximate surface area is 165 Å². The Morgan fingerprint density at radius 1 is 1.27 bits per heavy atom. The molecule has 0 radical (unpaired) electrons. The Bertz CT molecular complexity index is 825. The van der Waals surface area contributed by atoms with Gasteiger partial charge in [-0.05, 0) is 35.7 Å². The first-order valence-electron chi connectivity index (χ1n) is 8.36. The Hall–Kier alpha value is -1.92. The van der Waals surface area contributed by atoms with E-state index in [1.807, 2.05) is 48.5 Å². The van der Waals surface area contributed by atoms with Gasteiger partial charge in [0.15, 0.2) is 0 Å². The smallest absolute Gasteiger partial charge is 0.352 e. The van der Waals surface area contributed by atoms with E-state index in [-0.39, 0.29) is 10.6 Å². The Kier molecular flexibility index (Phi) is 5.94. The molecule has 0 spiro atoms. The van der Waals surface area contributed by atoms with Gasteiger partial charge >= 0.3 is 5.97 Å². The number of rotatable bonds is 7. The normalized spacial score (nSPS) is 18.9. The fourth-order valence-corrected chi connectivity index (χ4v) is 4.32. The molecule has 1 aliphatic rings. The maximum atomic E-state index is 11.3. The first kappa shape index (κ1) is 18.9. The van der Waals surface area contributed by atoms with Crippen molar-refractivity contribution in [2.24, 2.45) is 0 Å². The summed E-state index contributed by atoms with van der Waals surface area (Å²) in [7, 11) is 0. The summed E-state index contributed by atoms with van der Waals surface area (Å²) in [4.78, 5) is 10.9. The summed E-state index contributed by atoms with van der Waals surface area (Å²) in [5.74, 6) is -0.112. The van der Waals surface area contributed by atoms with Gasteiger partial charge in [0, 0.05) is 16.3 Å². The van der Waals surface area contributed by atoms with Crippen molar-refractivity contribution in [2.75, 3.05) is 0 Å². The lowest BCUT2D eigenvalue weighted by atomic mass is 10.0. The number of carboxylic acids is 1. The van der Waals surface area contributed by atoms with Gasteiger partial charge in [-0.15, -0.1) is 11.8 Å². The van der Waals surface area contributed by atoms with Crippen LogP contribution in [-0.2, 0) is 17.8 Å². The monoisotopic (exact) mass is 433 g/mol. The molecule has 1 atom stereocenters. The summed E-state index contributed by atoms with van der Waals surface area (Å²) in [6, 6.07) is 16.0. The molecular formula is C20H20BrNO3S. The predicted octanol–water partition coefficient (Wildman–Crippen LogP) is 4.94. The van der Waals surface area contributed by atoms with Crippen LogP contribution >= 0.6 is 27.7 Å². The van der Waals surface area contributed by atoms with Crippen molar-refractivity contribution < 1.29 is 14.6 Å². The molecule has 4 nitrogen and oxygen atoms in total. The fraction of sp³-hybridized carbons (Fsp3) is 0.250. The third kappa shape index (κ3) is 4.43. The lowest BCUT2D eigenvalue weighted by molar-refractivity contribution is -0.133. The van der Waals surface area contributed by atoms with Crippen LogP contribution in [0.15, 0.2) is 64.1 Å². The quantitative estimate of drug-likeness (QED) is 0.647. The van der Waals surface area contributed by atoms with E-state index >= 15 is 0 Å². The zero-order chi connectivity index (χ0) is 18.6. The van der Waals surface area contributed by atoms with E-state index in [0.717, 1.165) is 27.8 Å². The SMILES string of the molecule is CCC1(Cc2cc(Br)ccc2OCc2ccccc2)NC(C(=O)O)=CS1. The van der Waals surface area contributed by atoms with Crippen molar-refractivity contribution in [2.45, 2.75) is 31.2 Å².